The minimum absolute atomic E-state index is 0. The van der Waals surface area contributed by atoms with Crippen LogP contribution in [0.4, 0.5) is 0 Å². The van der Waals surface area contributed by atoms with Crippen molar-refractivity contribution in [3.05, 3.63) is 47.5 Å². The van der Waals surface area contributed by atoms with E-state index in [-0.39, 0.29) is 48.2 Å². The Morgan fingerprint density at radius 1 is 0.793 bits per heavy atom. The second-order valence-corrected chi connectivity index (χ2v) is 5.53. The Labute approximate surface area is 212 Å². The van der Waals surface area contributed by atoms with Crippen LogP contribution in [0.3, 0.4) is 0 Å². The van der Waals surface area contributed by atoms with E-state index in [1.54, 1.807) is 36.4 Å². The van der Waals surface area contributed by atoms with Gasteiger partial charge in [-0.15, -0.1) is 12.6 Å². The molecule has 29 heavy (non-hydrogen) atoms. The Kier molecular flexibility index (Phi) is 17.4. The maximum atomic E-state index is 10.9. The Hall–Kier alpha value is -1.03. The summed E-state index contributed by atoms with van der Waals surface area (Å²) in [5, 5.41) is -0.839. The molecule has 0 aromatic heterocycles. The van der Waals surface area contributed by atoms with E-state index >= 15 is 0 Å². The molecule has 6 nitrogen and oxygen atoms in total. The van der Waals surface area contributed by atoms with E-state index in [0.29, 0.717) is 34.1 Å². The molecular formula is C19H24ClNaO6S2. The zero-order valence-electron chi connectivity index (χ0n) is 18.2. The van der Waals surface area contributed by atoms with Gasteiger partial charge in [0, 0.05) is 24.6 Å². The number of halogens is 1. The Balaban J connectivity index is -0.000000423. The summed E-state index contributed by atoms with van der Waals surface area (Å²) in [7, 11) is 7.33. The molecule has 0 radical (unpaired) electrons. The van der Waals surface area contributed by atoms with Crippen molar-refractivity contribution in [3.8, 4) is 23.0 Å². The third-order valence-corrected chi connectivity index (χ3v) is 3.65. The third-order valence-electron chi connectivity index (χ3n) is 3.18. The van der Waals surface area contributed by atoms with Gasteiger partial charge in [-0.05, 0) is 35.9 Å². The molecule has 156 valence electrons. The smallest absolute Gasteiger partial charge is 0.813 e. The first-order chi connectivity index (χ1) is 13.3. The molecule has 2 aromatic rings. The molecule has 0 heterocycles. The molecular weight excluding hydrogens is 447 g/mol. The van der Waals surface area contributed by atoms with Crippen molar-refractivity contribution < 1.29 is 59.5 Å². The minimum atomic E-state index is -0.530. The number of benzene rings is 2. The predicted octanol–water partition coefficient (Wildman–Crippen LogP) is 1.23. The number of rotatable bonds is 6. The number of hydrogen-bond donors (Lipinski definition) is 1. The third kappa shape index (κ3) is 11.1. The van der Waals surface area contributed by atoms with Gasteiger partial charge in [0.25, 0.3) is 5.24 Å². The molecule has 0 aliphatic carbocycles. The van der Waals surface area contributed by atoms with Crippen LogP contribution in [0.2, 0.25) is 0 Å². The van der Waals surface area contributed by atoms with Gasteiger partial charge in [-0.3, -0.25) is 9.59 Å². The van der Waals surface area contributed by atoms with Crippen LogP contribution in [0.5, 0.6) is 23.0 Å². The van der Waals surface area contributed by atoms with Crippen LogP contribution in [0.15, 0.2) is 36.4 Å². The van der Waals surface area contributed by atoms with E-state index in [9.17, 15) is 9.59 Å². The van der Waals surface area contributed by atoms with Crippen molar-refractivity contribution in [3.63, 3.8) is 0 Å². The maximum absolute atomic E-state index is 10.9. The van der Waals surface area contributed by atoms with Crippen molar-refractivity contribution in [1.82, 2.24) is 0 Å². The molecule has 0 spiro atoms. The molecule has 0 atom stereocenters. The first kappa shape index (κ1) is 30.2. The molecule has 0 fully saturated rings. The summed E-state index contributed by atoms with van der Waals surface area (Å²) >= 11 is 9.02. The first-order valence-corrected chi connectivity index (χ1v) is 8.06. The van der Waals surface area contributed by atoms with Crippen molar-refractivity contribution in [2.75, 3.05) is 28.4 Å². The van der Waals surface area contributed by atoms with Crippen molar-refractivity contribution >= 4 is 48.1 Å². The summed E-state index contributed by atoms with van der Waals surface area (Å²) in [6, 6.07) is 9.69. The van der Waals surface area contributed by atoms with E-state index in [0.717, 1.165) is 0 Å². The van der Waals surface area contributed by atoms with E-state index in [2.05, 4.69) is 12.6 Å². The molecule has 0 bridgehead atoms. The Morgan fingerprint density at radius 3 is 1.28 bits per heavy atom. The fourth-order valence-corrected chi connectivity index (χ4v) is 2.09. The number of carbonyl (C=O) groups is 2. The van der Waals surface area contributed by atoms with Crippen LogP contribution < -0.4 is 48.5 Å². The number of hydrogen-bond acceptors (Lipinski definition) is 7. The van der Waals surface area contributed by atoms with Gasteiger partial charge in [0.2, 0.25) is 5.12 Å². The topological polar surface area (TPSA) is 71.1 Å². The number of carbonyl (C=O) groups excluding carboxylic acids is 2. The van der Waals surface area contributed by atoms with E-state index < -0.39 is 5.24 Å². The van der Waals surface area contributed by atoms with Crippen LogP contribution in [0, 0.1) is 0 Å². The van der Waals surface area contributed by atoms with Gasteiger partial charge in [0.15, 0.2) is 0 Å². The SMILES string of the molecule is COc1cc(OC)cc(C(=O)Cl)c1.COc1cc(OC)cc(C(=O)S)c1.[3H]C.[Na+].[SH-]. The minimum Gasteiger partial charge on any atom is -0.813 e. The molecule has 0 saturated carbocycles. The molecule has 10 heteroatoms. The number of thiol groups is 2. The summed E-state index contributed by atoms with van der Waals surface area (Å²) in [6.07, 6.45) is 0. The average Bonchev–Trinajstić information content (AvgIpc) is 2.74. The zero-order valence-corrected chi connectivity index (χ0v) is 21.7. The van der Waals surface area contributed by atoms with Gasteiger partial charge in [0.05, 0.1) is 28.4 Å². The molecule has 0 saturated heterocycles. The van der Waals surface area contributed by atoms with Gasteiger partial charge in [-0.1, -0.05) is 7.40 Å². The summed E-state index contributed by atoms with van der Waals surface area (Å²) < 4.78 is 25.6. The van der Waals surface area contributed by atoms with E-state index in [1.807, 2.05) is 0 Å². The van der Waals surface area contributed by atoms with Gasteiger partial charge >= 0.3 is 29.6 Å². The Morgan fingerprint density at radius 2 is 1.07 bits per heavy atom. The molecule has 0 N–H and O–H groups in total. The summed E-state index contributed by atoms with van der Waals surface area (Å²) in [4.78, 5) is 21.8. The second kappa shape index (κ2) is 16.7. The maximum Gasteiger partial charge on any atom is 1.00 e. The van der Waals surface area contributed by atoms with Gasteiger partial charge in [-0.2, -0.15) is 0 Å². The Bertz CT molecular complexity index is 686. The summed E-state index contributed by atoms with van der Waals surface area (Å²) in [6.45, 7) is 0. The monoisotopic (exact) mass is 472 g/mol. The van der Waals surface area contributed by atoms with Gasteiger partial charge < -0.3 is 32.4 Å². The van der Waals surface area contributed by atoms with Crippen LogP contribution in [0.25, 0.3) is 0 Å². The molecule has 0 unspecified atom stereocenters. The van der Waals surface area contributed by atoms with E-state index in [4.69, 9.17) is 31.9 Å². The van der Waals surface area contributed by atoms with Crippen LogP contribution in [-0.2, 0) is 13.5 Å². The normalized spacial score (nSPS) is 8.72. The molecule has 0 aliphatic rings. The van der Waals surface area contributed by atoms with Crippen molar-refractivity contribution in [1.29, 1.82) is 0 Å². The van der Waals surface area contributed by atoms with Gasteiger partial charge in [-0.25, -0.2) is 0 Å². The average molecular weight is 473 g/mol. The van der Waals surface area contributed by atoms with E-state index in [1.165, 1.54) is 35.8 Å². The largest absolute Gasteiger partial charge is 1.00 e. The number of methoxy groups -OCH3 is 4. The molecule has 0 aliphatic heterocycles. The summed E-state index contributed by atoms with van der Waals surface area (Å²) in [5.74, 6) is 2.25. The van der Waals surface area contributed by atoms with Gasteiger partial charge in [0.1, 0.15) is 23.0 Å². The van der Waals surface area contributed by atoms with Crippen LogP contribution >= 0.6 is 24.2 Å². The molecule has 2 rings (SSSR count). The standard InChI is InChI=1S/C9H9ClO3.C9H10O3S.CH4.Na.H2S/c1-12-7-3-6(9(10)11)4-8(5-7)13-2;1-11-7-3-6(9(10)13)4-8(5-7)12-2;;;/h3-5H,1-2H3;3-5H,1-2H3,(H,10,13);1H4;;1H2/q;;;+1;/p-1/i;;1T;;. The van der Waals surface area contributed by atoms with Crippen molar-refractivity contribution in [2.24, 2.45) is 0 Å². The van der Waals surface area contributed by atoms with Crippen LogP contribution in [-0.4, -0.2) is 38.8 Å². The first-order valence-electron chi connectivity index (χ1n) is 8.23. The number of ether oxygens (including phenoxy) is 4. The quantitative estimate of drug-likeness (QED) is 0.293. The predicted molar refractivity (Wildman–Crippen MR) is 118 cm³/mol. The summed E-state index contributed by atoms with van der Waals surface area (Å²) in [5.41, 5.74) is 0.817. The molecule has 2 aromatic carbocycles. The fourth-order valence-electron chi connectivity index (χ4n) is 1.85. The fraction of sp³-hybridized carbons (Fsp3) is 0.263. The second-order valence-electron chi connectivity index (χ2n) is 4.78. The van der Waals surface area contributed by atoms with Crippen molar-refractivity contribution in [2.45, 2.75) is 7.40 Å². The van der Waals surface area contributed by atoms with Crippen LogP contribution in [0.1, 0.15) is 29.5 Å². The zero-order chi connectivity index (χ0) is 21.7. The molecule has 0 amide bonds.